The number of amides is 1. The third-order valence-corrected chi connectivity index (χ3v) is 3.27. The number of hydrogen-bond acceptors (Lipinski definition) is 6. The maximum Gasteiger partial charge on any atom is 0.325 e. The van der Waals surface area contributed by atoms with E-state index in [0.717, 1.165) is 13.1 Å². The van der Waals surface area contributed by atoms with Gasteiger partial charge in [-0.15, -0.1) is 5.10 Å². The molecule has 0 bridgehead atoms. The zero-order valence-electron chi connectivity index (χ0n) is 11.9. The van der Waals surface area contributed by atoms with Gasteiger partial charge in [-0.3, -0.25) is 9.59 Å². The molecule has 1 aromatic heterocycles. The Bertz CT molecular complexity index is 495. The first-order valence-electron chi connectivity index (χ1n) is 6.53. The molecule has 1 N–H and O–H groups in total. The van der Waals surface area contributed by atoms with Crippen molar-refractivity contribution >= 4 is 11.9 Å². The van der Waals surface area contributed by atoms with E-state index in [1.807, 2.05) is 13.8 Å². The molecular weight excluding hydrogens is 262 g/mol. The number of nitrogens with zero attached hydrogens (tertiary/aromatic N) is 4. The lowest BCUT2D eigenvalue weighted by Crippen LogP contribution is -2.43. The summed E-state index contributed by atoms with van der Waals surface area (Å²) in [6.45, 7) is 5.23. The van der Waals surface area contributed by atoms with Crippen LogP contribution in [0.5, 0.6) is 0 Å². The highest BCUT2D eigenvalue weighted by Gasteiger charge is 2.26. The maximum atomic E-state index is 12.4. The third-order valence-electron chi connectivity index (χ3n) is 3.27. The van der Waals surface area contributed by atoms with Crippen LogP contribution in [0.2, 0.25) is 0 Å². The zero-order valence-corrected chi connectivity index (χ0v) is 11.9. The second kappa shape index (κ2) is 6.00. The summed E-state index contributed by atoms with van der Waals surface area (Å²) >= 11 is 0. The quantitative estimate of drug-likeness (QED) is 0.728. The summed E-state index contributed by atoms with van der Waals surface area (Å²) in [7, 11) is 1.30. The van der Waals surface area contributed by atoms with Gasteiger partial charge in [-0.2, -0.15) is 0 Å². The van der Waals surface area contributed by atoms with E-state index in [2.05, 4.69) is 20.4 Å². The molecule has 20 heavy (non-hydrogen) atoms. The molecule has 8 nitrogen and oxygen atoms in total. The number of esters is 1. The number of rotatable bonds is 5. The molecule has 0 saturated carbocycles. The van der Waals surface area contributed by atoms with Gasteiger partial charge in [0.1, 0.15) is 6.54 Å². The molecule has 1 aliphatic rings. The molecule has 0 atom stereocenters. The Morgan fingerprint density at radius 3 is 2.75 bits per heavy atom. The van der Waals surface area contributed by atoms with Gasteiger partial charge in [0.25, 0.3) is 5.91 Å². The second-order valence-corrected chi connectivity index (χ2v) is 5.00. The minimum atomic E-state index is -0.456. The standard InChI is InChI=1S/C12H19N5O3/c1-8(2)16(7-11(18)20-3)12(19)10-6-17(15-14-10)9-4-13-5-9/h6,8-9,13H,4-5,7H2,1-3H3. The van der Waals surface area contributed by atoms with Gasteiger partial charge in [-0.25, -0.2) is 4.68 Å². The Morgan fingerprint density at radius 2 is 2.25 bits per heavy atom. The minimum absolute atomic E-state index is 0.0924. The highest BCUT2D eigenvalue weighted by atomic mass is 16.5. The largest absolute Gasteiger partial charge is 0.468 e. The molecule has 1 aromatic rings. The second-order valence-electron chi connectivity index (χ2n) is 5.00. The molecule has 1 amide bonds. The molecule has 0 spiro atoms. The predicted molar refractivity (Wildman–Crippen MR) is 70.1 cm³/mol. The number of methoxy groups -OCH3 is 1. The van der Waals surface area contributed by atoms with Crippen molar-refractivity contribution in [2.75, 3.05) is 26.7 Å². The van der Waals surface area contributed by atoms with Crippen LogP contribution in [0.1, 0.15) is 30.4 Å². The van der Waals surface area contributed by atoms with E-state index < -0.39 is 5.97 Å². The van der Waals surface area contributed by atoms with Gasteiger partial charge < -0.3 is 15.0 Å². The fourth-order valence-electron chi connectivity index (χ4n) is 1.85. The normalized spacial score (nSPS) is 15.0. The van der Waals surface area contributed by atoms with Crippen LogP contribution in [0, 0.1) is 0 Å². The van der Waals surface area contributed by atoms with Crippen LogP contribution in [-0.4, -0.2) is 64.6 Å². The van der Waals surface area contributed by atoms with E-state index in [4.69, 9.17) is 0 Å². The summed E-state index contributed by atoms with van der Waals surface area (Å²) in [5.74, 6) is -0.772. The fraction of sp³-hybridized carbons (Fsp3) is 0.667. The number of carbonyl (C=O) groups excluding carboxylic acids is 2. The van der Waals surface area contributed by atoms with E-state index in [1.165, 1.54) is 12.0 Å². The first-order chi connectivity index (χ1) is 9.52. The van der Waals surface area contributed by atoms with Crippen LogP contribution < -0.4 is 5.32 Å². The van der Waals surface area contributed by atoms with Gasteiger partial charge in [-0.1, -0.05) is 5.21 Å². The summed E-state index contributed by atoms with van der Waals surface area (Å²) in [6, 6.07) is 0.120. The smallest absolute Gasteiger partial charge is 0.325 e. The van der Waals surface area contributed by atoms with Crippen LogP contribution >= 0.6 is 0 Å². The molecule has 0 unspecified atom stereocenters. The molecule has 1 aliphatic heterocycles. The number of carbonyl (C=O) groups is 2. The van der Waals surface area contributed by atoms with E-state index in [1.54, 1.807) is 10.9 Å². The third kappa shape index (κ3) is 2.96. The van der Waals surface area contributed by atoms with Crippen LogP contribution in [0.15, 0.2) is 6.20 Å². The average molecular weight is 281 g/mol. The van der Waals surface area contributed by atoms with Crippen molar-refractivity contribution in [3.8, 4) is 0 Å². The Morgan fingerprint density at radius 1 is 1.55 bits per heavy atom. The van der Waals surface area contributed by atoms with E-state index in [-0.39, 0.29) is 30.2 Å². The van der Waals surface area contributed by atoms with Gasteiger partial charge >= 0.3 is 5.97 Å². The molecule has 0 radical (unpaired) electrons. The summed E-state index contributed by atoms with van der Waals surface area (Å²) in [5, 5.41) is 11.0. The van der Waals surface area contributed by atoms with Crippen molar-refractivity contribution in [2.45, 2.75) is 25.9 Å². The molecule has 110 valence electrons. The Hall–Kier alpha value is -1.96. The van der Waals surface area contributed by atoms with Gasteiger partial charge in [0.05, 0.1) is 19.3 Å². The summed E-state index contributed by atoms with van der Waals surface area (Å²) in [6.07, 6.45) is 1.63. The van der Waals surface area contributed by atoms with Crippen LogP contribution in [0.25, 0.3) is 0 Å². The number of aromatic nitrogens is 3. The van der Waals surface area contributed by atoms with Crippen molar-refractivity contribution in [3.05, 3.63) is 11.9 Å². The van der Waals surface area contributed by atoms with E-state index in [9.17, 15) is 9.59 Å². The minimum Gasteiger partial charge on any atom is -0.468 e. The fourth-order valence-corrected chi connectivity index (χ4v) is 1.85. The summed E-state index contributed by atoms with van der Waals surface area (Å²) in [4.78, 5) is 25.1. The van der Waals surface area contributed by atoms with Crippen molar-refractivity contribution in [1.82, 2.24) is 25.2 Å². The topological polar surface area (TPSA) is 89.4 Å². The highest BCUT2D eigenvalue weighted by Crippen LogP contribution is 2.12. The van der Waals surface area contributed by atoms with Gasteiger partial charge in [0.15, 0.2) is 5.69 Å². The van der Waals surface area contributed by atoms with Gasteiger partial charge in [0, 0.05) is 19.1 Å². The summed E-state index contributed by atoms with van der Waals surface area (Å²) < 4.78 is 6.29. The predicted octanol–water partition coefficient (Wildman–Crippen LogP) is -0.554. The number of ether oxygens (including phenoxy) is 1. The van der Waals surface area contributed by atoms with E-state index >= 15 is 0 Å². The molecule has 0 aromatic carbocycles. The first kappa shape index (κ1) is 14.4. The van der Waals surface area contributed by atoms with Crippen LogP contribution in [0.4, 0.5) is 0 Å². The van der Waals surface area contributed by atoms with Crippen LogP contribution in [-0.2, 0) is 9.53 Å². The zero-order chi connectivity index (χ0) is 14.7. The highest BCUT2D eigenvalue weighted by molar-refractivity contribution is 5.94. The lowest BCUT2D eigenvalue weighted by molar-refractivity contribution is -0.141. The summed E-state index contributed by atoms with van der Waals surface area (Å²) in [5.41, 5.74) is 0.245. The van der Waals surface area contributed by atoms with E-state index in [0.29, 0.717) is 0 Å². The number of nitrogens with one attached hydrogen (secondary N) is 1. The monoisotopic (exact) mass is 281 g/mol. The van der Waals surface area contributed by atoms with Crippen molar-refractivity contribution in [2.24, 2.45) is 0 Å². The average Bonchev–Trinajstić information content (AvgIpc) is 2.81. The molecule has 8 heteroatoms. The molecule has 0 aliphatic carbocycles. The number of hydrogen-bond donors (Lipinski definition) is 1. The van der Waals surface area contributed by atoms with Crippen molar-refractivity contribution < 1.29 is 14.3 Å². The first-order valence-corrected chi connectivity index (χ1v) is 6.53. The maximum absolute atomic E-state index is 12.4. The van der Waals surface area contributed by atoms with Gasteiger partial charge in [-0.05, 0) is 13.8 Å². The van der Waals surface area contributed by atoms with Crippen molar-refractivity contribution in [1.29, 1.82) is 0 Å². The molecular formula is C12H19N5O3. The lowest BCUT2D eigenvalue weighted by atomic mass is 10.2. The molecule has 1 fully saturated rings. The molecule has 1 saturated heterocycles. The lowest BCUT2D eigenvalue weighted by Gasteiger charge is -2.26. The van der Waals surface area contributed by atoms with Crippen LogP contribution in [0.3, 0.4) is 0 Å². The Balaban J connectivity index is 2.10. The van der Waals surface area contributed by atoms with Crippen molar-refractivity contribution in [3.63, 3.8) is 0 Å². The molecule has 2 heterocycles. The Labute approximate surface area is 117 Å². The molecule has 2 rings (SSSR count). The van der Waals surface area contributed by atoms with Gasteiger partial charge in [0.2, 0.25) is 0 Å². The SMILES string of the molecule is COC(=O)CN(C(=O)c1cn(C2CNC2)nn1)C(C)C. The Kier molecular flexibility index (Phi) is 4.33.